The first-order valence-electron chi connectivity index (χ1n) is 8.61. The highest BCUT2D eigenvalue weighted by Crippen LogP contribution is 2.27. The fourth-order valence-electron chi connectivity index (χ4n) is 3.35. The van der Waals surface area contributed by atoms with Gasteiger partial charge in [-0.2, -0.15) is 5.10 Å². The van der Waals surface area contributed by atoms with E-state index in [1.807, 2.05) is 0 Å². The number of carbonyl (C=O) groups is 2. The molecule has 9 heteroatoms. The number of amides is 2. The molecule has 1 aromatic carbocycles. The maximum atomic E-state index is 12.7. The van der Waals surface area contributed by atoms with Crippen LogP contribution in [0, 0.1) is 13.8 Å². The van der Waals surface area contributed by atoms with Gasteiger partial charge in [0.05, 0.1) is 28.8 Å². The van der Waals surface area contributed by atoms with Crippen LogP contribution in [0.1, 0.15) is 41.1 Å². The van der Waals surface area contributed by atoms with Crippen LogP contribution in [-0.4, -0.2) is 41.5 Å². The van der Waals surface area contributed by atoms with E-state index in [0.717, 1.165) is 0 Å². The Morgan fingerprint density at radius 3 is 2.22 bits per heavy atom. The smallest absolute Gasteiger partial charge is 0.259 e. The largest absolute Gasteiger partial charge is 0.326 e. The average Bonchev–Trinajstić information content (AvgIpc) is 3.07. The highest BCUT2D eigenvalue weighted by molar-refractivity contribution is 7.91. The van der Waals surface area contributed by atoms with Crippen molar-refractivity contribution in [2.45, 2.75) is 33.2 Å². The van der Waals surface area contributed by atoms with Crippen LogP contribution in [0.2, 0.25) is 0 Å². The van der Waals surface area contributed by atoms with Crippen molar-refractivity contribution in [1.29, 1.82) is 0 Å². The minimum atomic E-state index is -3.04. The predicted octanol–water partition coefficient (Wildman–Crippen LogP) is 2.07. The monoisotopic (exact) mass is 390 g/mol. The van der Waals surface area contributed by atoms with Crippen LogP contribution >= 0.6 is 0 Å². The molecule has 0 saturated carbocycles. The molecule has 1 aliphatic rings. The molecule has 0 radical (unpaired) electrons. The van der Waals surface area contributed by atoms with E-state index in [-0.39, 0.29) is 29.4 Å². The van der Waals surface area contributed by atoms with E-state index in [2.05, 4.69) is 15.7 Å². The van der Waals surface area contributed by atoms with Crippen LogP contribution in [0.15, 0.2) is 24.3 Å². The van der Waals surface area contributed by atoms with Crippen LogP contribution in [-0.2, 0) is 14.6 Å². The zero-order valence-corrected chi connectivity index (χ0v) is 16.3. The van der Waals surface area contributed by atoms with Gasteiger partial charge in [-0.3, -0.25) is 14.3 Å². The summed E-state index contributed by atoms with van der Waals surface area (Å²) in [5.41, 5.74) is 2.89. The number of carbonyl (C=O) groups excluding carboxylic acids is 2. The summed E-state index contributed by atoms with van der Waals surface area (Å²) in [6, 6.07) is 6.56. The SMILES string of the molecule is CC(=O)Nc1ccc(NC(=O)c2c(C)nn([C@H]3CCS(=O)(=O)C3)c2C)cc1. The Morgan fingerprint density at radius 2 is 1.70 bits per heavy atom. The number of benzene rings is 1. The van der Waals surface area contributed by atoms with Gasteiger partial charge in [0.15, 0.2) is 9.84 Å². The maximum absolute atomic E-state index is 12.7. The summed E-state index contributed by atoms with van der Waals surface area (Å²) in [4.78, 5) is 23.8. The van der Waals surface area contributed by atoms with E-state index in [4.69, 9.17) is 0 Å². The molecule has 2 N–H and O–H groups in total. The van der Waals surface area contributed by atoms with Gasteiger partial charge in [-0.05, 0) is 44.5 Å². The van der Waals surface area contributed by atoms with Crippen molar-refractivity contribution >= 4 is 33.0 Å². The molecule has 27 heavy (non-hydrogen) atoms. The highest BCUT2D eigenvalue weighted by atomic mass is 32.2. The quantitative estimate of drug-likeness (QED) is 0.830. The minimum absolute atomic E-state index is 0.0562. The summed E-state index contributed by atoms with van der Waals surface area (Å²) in [6.07, 6.45) is 0.510. The van der Waals surface area contributed by atoms with Gasteiger partial charge in [0.25, 0.3) is 5.91 Å². The summed E-state index contributed by atoms with van der Waals surface area (Å²) < 4.78 is 25.1. The van der Waals surface area contributed by atoms with Gasteiger partial charge in [0.1, 0.15) is 0 Å². The summed E-state index contributed by atoms with van der Waals surface area (Å²) in [7, 11) is -3.04. The van der Waals surface area contributed by atoms with Gasteiger partial charge in [0, 0.05) is 24.0 Å². The number of rotatable bonds is 4. The van der Waals surface area contributed by atoms with Crippen LogP contribution < -0.4 is 10.6 Å². The first-order valence-corrected chi connectivity index (χ1v) is 10.4. The molecular formula is C18H22N4O4S. The van der Waals surface area contributed by atoms with Crippen LogP contribution in [0.3, 0.4) is 0 Å². The van der Waals surface area contributed by atoms with E-state index in [1.54, 1.807) is 42.8 Å². The van der Waals surface area contributed by atoms with E-state index in [1.165, 1.54) is 6.92 Å². The number of hydrogen-bond acceptors (Lipinski definition) is 5. The Balaban J connectivity index is 1.78. The number of anilines is 2. The van der Waals surface area contributed by atoms with Gasteiger partial charge in [-0.25, -0.2) is 8.42 Å². The molecule has 0 bridgehead atoms. The number of sulfone groups is 1. The molecule has 2 aromatic rings. The molecule has 3 rings (SSSR count). The third-order valence-electron chi connectivity index (χ3n) is 4.57. The molecule has 144 valence electrons. The fraction of sp³-hybridized carbons (Fsp3) is 0.389. The summed E-state index contributed by atoms with van der Waals surface area (Å²) in [6.45, 7) is 4.94. The van der Waals surface area contributed by atoms with Gasteiger partial charge < -0.3 is 10.6 Å². The topological polar surface area (TPSA) is 110 Å². The van der Waals surface area contributed by atoms with Crippen LogP contribution in [0.25, 0.3) is 0 Å². The molecule has 2 heterocycles. The van der Waals surface area contributed by atoms with Crippen LogP contribution in [0.5, 0.6) is 0 Å². The molecule has 1 aliphatic heterocycles. The third-order valence-corrected chi connectivity index (χ3v) is 6.32. The van der Waals surface area contributed by atoms with Crippen molar-refractivity contribution in [2.24, 2.45) is 0 Å². The second-order valence-electron chi connectivity index (χ2n) is 6.76. The van der Waals surface area contributed by atoms with E-state index >= 15 is 0 Å². The lowest BCUT2D eigenvalue weighted by Crippen LogP contribution is -2.16. The lowest BCUT2D eigenvalue weighted by atomic mass is 10.1. The molecule has 0 unspecified atom stereocenters. The van der Waals surface area contributed by atoms with Crippen molar-refractivity contribution in [3.05, 3.63) is 41.2 Å². The standard InChI is InChI=1S/C18H22N4O4S/c1-11-17(12(2)22(21-11)16-8-9-27(25,26)10-16)18(24)20-15-6-4-14(5-7-15)19-13(3)23/h4-7,16H,8-10H2,1-3H3,(H,19,23)(H,20,24)/t16-/m0/s1. The molecule has 2 amide bonds. The van der Waals surface area contributed by atoms with Crippen molar-refractivity contribution in [1.82, 2.24) is 9.78 Å². The fourth-order valence-corrected chi connectivity index (χ4v) is 5.04. The predicted molar refractivity (Wildman–Crippen MR) is 103 cm³/mol. The normalized spacial score (nSPS) is 18.3. The van der Waals surface area contributed by atoms with E-state index in [0.29, 0.717) is 34.7 Å². The Morgan fingerprint density at radius 1 is 1.11 bits per heavy atom. The van der Waals surface area contributed by atoms with Gasteiger partial charge in [-0.15, -0.1) is 0 Å². The average molecular weight is 390 g/mol. The number of nitrogens with zero attached hydrogens (tertiary/aromatic N) is 2. The second kappa shape index (κ2) is 7.15. The molecule has 1 aromatic heterocycles. The second-order valence-corrected chi connectivity index (χ2v) is 8.99. The zero-order valence-electron chi connectivity index (χ0n) is 15.4. The lowest BCUT2D eigenvalue weighted by Gasteiger charge is -2.11. The summed E-state index contributed by atoms with van der Waals surface area (Å²) >= 11 is 0. The Kier molecular flexibility index (Phi) is 5.05. The van der Waals surface area contributed by atoms with E-state index in [9.17, 15) is 18.0 Å². The highest BCUT2D eigenvalue weighted by Gasteiger charge is 2.32. The maximum Gasteiger partial charge on any atom is 0.259 e. The van der Waals surface area contributed by atoms with Crippen molar-refractivity contribution in [3.63, 3.8) is 0 Å². The molecule has 1 saturated heterocycles. The number of aryl methyl sites for hydroxylation is 1. The van der Waals surface area contributed by atoms with Gasteiger partial charge >= 0.3 is 0 Å². The third kappa shape index (κ3) is 4.19. The van der Waals surface area contributed by atoms with Crippen LogP contribution in [0.4, 0.5) is 11.4 Å². The summed E-state index contributed by atoms with van der Waals surface area (Å²) in [5.74, 6) is -0.262. The zero-order chi connectivity index (χ0) is 19.8. The molecular weight excluding hydrogens is 368 g/mol. The molecule has 8 nitrogen and oxygen atoms in total. The molecule has 1 fully saturated rings. The Bertz CT molecular complexity index is 993. The first kappa shape index (κ1) is 19.1. The Hall–Kier alpha value is -2.68. The first-order chi connectivity index (χ1) is 12.7. The number of aromatic nitrogens is 2. The van der Waals surface area contributed by atoms with Crippen molar-refractivity contribution in [2.75, 3.05) is 22.1 Å². The summed E-state index contributed by atoms with van der Waals surface area (Å²) in [5, 5.41) is 9.89. The van der Waals surface area contributed by atoms with Crippen molar-refractivity contribution < 1.29 is 18.0 Å². The Labute approximate surface area is 157 Å². The van der Waals surface area contributed by atoms with Gasteiger partial charge in [0.2, 0.25) is 5.91 Å². The molecule has 0 spiro atoms. The van der Waals surface area contributed by atoms with Gasteiger partial charge in [-0.1, -0.05) is 0 Å². The minimum Gasteiger partial charge on any atom is -0.326 e. The molecule has 0 aliphatic carbocycles. The van der Waals surface area contributed by atoms with Crippen molar-refractivity contribution in [3.8, 4) is 0 Å². The lowest BCUT2D eigenvalue weighted by molar-refractivity contribution is -0.114. The van der Waals surface area contributed by atoms with E-state index < -0.39 is 9.84 Å². The number of hydrogen-bond donors (Lipinski definition) is 2. The molecule has 1 atom stereocenters. The number of nitrogens with one attached hydrogen (secondary N) is 2.